The van der Waals surface area contributed by atoms with E-state index in [0.29, 0.717) is 17.1 Å². The van der Waals surface area contributed by atoms with Gasteiger partial charge in [0.15, 0.2) is 17.0 Å². The molecule has 8 heteroatoms. The Morgan fingerprint density at radius 2 is 1.88 bits per heavy atom. The van der Waals surface area contributed by atoms with Crippen molar-refractivity contribution in [2.45, 2.75) is 44.9 Å². The maximum atomic E-state index is 9.86. The fourth-order valence-electron chi connectivity index (χ4n) is 3.38. The monoisotopic (exact) mass is 335 g/mol. The van der Waals surface area contributed by atoms with Gasteiger partial charge in [-0.1, -0.05) is 0 Å². The number of anilines is 1. The summed E-state index contributed by atoms with van der Waals surface area (Å²) in [5.41, 5.74) is 1.28. The van der Waals surface area contributed by atoms with Gasteiger partial charge in [0.1, 0.15) is 6.33 Å². The minimum absolute atomic E-state index is 0.192. The Labute approximate surface area is 140 Å². The van der Waals surface area contributed by atoms with E-state index in [0.717, 1.165) is 31.7 Å². The lowest BCUT2D eigenvalue weighted by atomic mass is 9.92. The predicted molar refractivity (Wildman–Crippen MR) is 89.7 cm³/mol. The Morgan fingerprint density at radius 1 is 1.17 bits per heavy atom. The highest BCUT2D eigenvalue weighted by atomic mass is 16.3. The second-order valence-electron chi connectivity index (χ2n) is 6.58. The van der Waals surface area contributed by atoms with Gasteiger partial charge in [-0.25, -0.2) is 15.0 Å². The molecule has 0 radical (unpaired) electrons. The van der Waals surface area contributed by atoms with Gasteiger partial charge in [0.05, 0.1) is 31.2 Å². The van der Waals surface area contributed by atoms with Crippen LogP contribution in [0.5, 0.6) is 0 Å². The molecule has 2 aromatic heterocycles. The molecule has 0 amide bonds. The Kier molecular flexibility index (Phi) is 4.98. The summed E-state index contributed by atoms with van der Waals surface area (Å²) in [6, 6.07) is -0.487. The minimum atomic E-state index is -0.715. The number of aromatic nitrogens is 4. The van der Waals surface area contributed by atoms with Gasteiger partial charge >= 0.3 is 0 Å². The van der Waals surface area contributed by atoms with Crippen molar-refractivity contribution in [3.8, 4) is 0 Å². The van der Waals surface area contributed by atoms with Crippen LogP contribution in [0.25, 0.3) is 11.2 Å². The number of rotatable bonds is 5. The van der Waals surface area contributed by atoms with Gasteiger partial charge in [-0.15, -0.1) is 0 Å². The van der Waals surface area contributed by atoms with E-state index in [-0.39, 0.29) is 12.7 Å². The Balaban J connectivity index is 1.90. The molecule has 1 unspecified atom stereocenters. The molecule has 2 aromatic rings. The molecule has 0 aliphatic carbocycles. The number of aliphatic hydroxyl groups is 3. The lowest BCUT2D eigenvalue weighted by Crippen LogP contribution is -2.37. The van der Waals surface area contributed by atoms with Gasteiger partial charge in [-0.3, -0.25) is 0 Å². The van der Waals surface area contributed by atoms with Crippen LogP contribution in [-0.2, 0) is 0 Å². The molecular weight excluding hydrogens is 310 g/mol. The van der Waals surface area contributed by atoms with E-state index in [1.807, 2.05) is 6.92 Å². The molecule has 1 aliphatic heterocycles. The third kappa shape index (κ3) is 3.09. The standard InChI is InChI=1S/C16H25N5O3/c1-10(23)12-3-5-20(6-4-12)15-14-16(18-8-17-15)21(9-19-14)13(7-22)11(2)24/h8-13,22-24H,3-7H2,1-2H3/t10?,11-,13-/m1/s1. The van der Waals surface area contributed by atoms with E-state index in [1.54, 1.807) is 17.8 Å². The highest BCUT2D eigenvalue weighted by Crippen LogP contribution is 2.29. The SMILES string of the molecule is CC(O)C1CCN(c2ncnc3c2ncn3[C@H](CO)[C@@H](C)O)CC1. The van der Waals surface area contributed by atoms with Crippen molar-refractivity contribution < 1.29 is 15.3 Å². The first-order chi connectivity index (χ1) is 11.5. The molecule has 1 saturated heterocycles. The fourth-order valence-corrected chi connectivity index (χ4v) is 3.38. The molecular formula is C16H25N5O3. The summed E-state index contributed by atoms with van der Waals surface area (Å²) in [5.74, 6) is 1.09. The second kappa shape index (κ2) is 7.00. The van der Waals surface area contributed by atoms with Gasteiger partial charge in [0.25, 0.3) is 0 Å². The van der Waals surface area contributed by atoms with Gasteiger partial charge in [0, 0.05) is 13.1 Å². The first kappa shape index (κ1) is 17.1. The van der Waals surface area contributed by atoms with E-state index in [1.165, 1.54) is 6.33 Å². The summed E-state index contributed by atoms with van der Waals surface area (Å²) in [6.07, 6.45) is 3.92. The zero-order valence-corrected chi connectivity index (χ0v) is 14.1. The Hall–Kier alpha value is -1.77. The van der Waals surface area contributed by atoms with Crippen molar-refractivity contribution >= 4 is 17.0 Å². The van der Waals surface area contributed by atoms with Gasteiger partial charge in [0.2, 0.25) is 0 Å². The van der Waals surface area contributed by atoms with E-state index >= 15 is 0 Å². The van der Waals surface area contributed by atoms with Gasteiger partial charge in [-0.2, -0.15) is 0 Å². The first-order valence-electron chi connectivity index (χ1n) is 8.42. The lowest BCUT2D eigenvalue weighted by molar-refractivity contribution is 0.0885. The third-order valence-electron chi connectivity index (χ3n) is 4.96. The van der Waals surface area contributed by atoms with Crippen molar-refractivity contribution in [2.24, 2.45) is 5.92 Å². The predicted octanol–water partition coefficient (Wildman–Crippen LogP) is 0.338. The highest BCUT2D eigenvalue weighted by molar-refractivity contribution is 5.83. The average Bonchev–Trinajstić information content (AvgIpc) is 2.99. The molecule has 3 rings (SSSR count). The van der Waals surface area contributed by atoms with Gasteiger partial charge in [-0.05, 0) is 32.6 Å². The number of nitrogens with zero attached hydrogens (tertiary/aromatic N) is 5. The average molecular weight is 335 g/mol. The minimum Gasteiger partial charge on any atom is -0.394 e. The summed E-state index contributed by atoms with van der Waals surface area (Å²) < 4.78 is 1.70. The van der Waals surface area contributed by atoms with Crippen molar-refractivity contribution in [1.29, 1.82) is 0 Å². The van der Waals surface area contributed by atoms with Crippen molar-refractivity contribution in [3.63, 3.8) is 0 Å². The maximum absolute atomic E-state index is 9.86. The molecule has 3 heterocycles. The molecule has 132 valence electrons. The van der Waals surface area contributed by atoms with Crippen LogP contribution in [0.3, 0.4) is 0 Å². The quantitative estimate of drug-likeness (QED) is 0.723. The Bertz CT molecular complexity index is 679. The van der Waals surface area contributed by atoms with E-state index < -0.39 is 12.1 Å². The van der Waals surface area contributed by atoms with Crippen molar-refractivity contribution in [2.75, 3.05) is 24.6 Å². The van der Waals surface area contributed by atoms with Crippen LogP contribution in [0.4, 0.5) is 5.82 Å². The largest absolute Gasteiger partial charge is 0.394 e. The van der Waals surface area contributed by atoms with Crippen LogP contribution in [0.1, 0.15) is 32.7 Å². The van der Waals surface area contributed by atoms with Gasteiger partial charge < -0.3 is 24.8 Å². The van der Waals surface area contributed by atoms with Crippen LogP contribution in [0.15, 0.2) is 12.7 Å². The molecule has 3 N–H and O–H groups in total. The summed E-state index contributed by atoms with van der Waals surface area (Å²) in [6.45, 7) is 4.91. The van der Waals surface area contributed by atoms with E-state index in [4.69, 9.17) is 0 Å². The zero-order chi connectivity index (χ0) is 17.3. The normalized spacial score (nSPS) is 20.3. The summed E-state index contributed by atoms with van der Waals surface area (Å²) in [7, 11) is 0. The highest BCUT2D eigenvalue weighted by Gasteiger charge is 2.26. The number of piperidine rings is 1. The third-order valence-corrected chi connectivity index (χ3v) is 4.96. The van der Waals surface area contributed by atoms with Crippen LogP contribution in [0, 0.1) is 5.92 Å². The van der Waals surface area contributed by atoms with Crippen molar-refractivity contribution in [1.82, 2.24) is 19.5 Å². The number of hydrogen-bond acceptors (Lipinski definition) is 7. The first-order valence-corrected chi connectivity index (χ1v) is 8.42. The summed E-state index contributed by atoms with van der Waals surface area (Å²) >= 11 is 0. The van der Waals surface area contributed by atoms with Crippen LogP contribution in [-0.4, -0.2) is 66.7 Å². The second-order valence-corrected chi connectivity index (χ2v) is 6.58. The summed E-state index contributed by atoms with van der Waals surface area (Å²) in [4.78, 5) is 15.3. The number of imidazole rings is 1. The van der Waals surface area contributed by atoms with Crippen LogP contribution in [0.2, 0.25) is 0 Å². The van der Waals surface area contributed by atoms with Crippen molar-refractivity contribution in [3.05, 3.63) is 12.7 Å². The molecule has 8 nitrogen and oxygen atoms in total. The molecule has 3 atom stereocenters. The van der Waals surface area contributed by atoms with E-state index in [2.05, 4.69) is 19.9 Å². The van der Waals surface area contributed by atoms with E-state index in [9.17, 15) is 15.3 Å². The molecule has 0 bridgehead atoms. The number of fused-ring (bicyclic) bond motifs is 1. The molecule has 1 fully saturated rings. The zero-order valence-electron chi connectivity index (χ0n) is 14.1. The molecule has 0 saturated carbocycles. The lowest BCUT2D eigenvalue weighted by Gasteiger charge is -2.33. The topological polar surface area (TPSA) is 108 Å². The fraction of sp³-hybridized carbons (Fsp3) is 0.688. The summed E-state index contributed by atoms with van der Waals surface area (Å²) in [5, 5.41) is 29.1. The number of hydrogen-bond donors (Lipinski definition) is 3. The maximum Gasteiger partial charge on any atom is 0.165 e. The number of aliphatic hydroxyl groups excluding tert-OH is 3. The molecule has 24 heavy (non-hydrogen) atoms. The molecule has 0 spiro atoms. The molecule has 0 aromatic carbocycles. The Morgan fingerprint density at radius 3 is 2.46 bits per heavy atom. The smallest absolute Gasteiger partial charge is 0.165 e. The van der Waals surface area contributed by atoms with Crippen LogP contribution < -0.4 is 4.90 Å². The van der Waals surface area contributed by atoms with Crippen LogP contribution >= 0.6 is 0 Å². The molecule has 1 aliphatic rings.